The van der Waals surface area contributed by atoms with Gasteiger partial charge in [-0.15, -0.1) is 0 Å². The maximum absolute atomic E-state index is 13.7. The van der Waals surface area contributed by atoms with E-state index in [1.807, 2.05) is 12.1 Å². The van der Waals surface area contributed by atoms with Crippen molar-refractivity contribution < 1.29 is 4.39 Å². The van der Waals surface area contributed by atoms with Crippen molar-refractivity contribution in [3.05, 3.63) is 97.3 Å². The van der Waals surface area contributed by atoms with Crippen molar-refractivity contribution in [1.29, 1.82) is 0 Å². The average molecular weight is 517 g/mol. The van der Waals surface area contributed by atoms with Gasteiger partial charge in [0, 0.05) is 11.3 Å². The summed E-state index contributed by atoms with van der Waals surface area (Å²) < 4.78 is 14.6. The van der Waals surface area contributed by atoms with Crippen LogP contribution in [-0.2, 0) is 6.42 Å². The summed E-state index contributed by atoms with van der Waals surface area (Å²) in [6.45, 7) is 4.43. The van der Waals surface area contributed by atoms with Gasteiger partial charge in [-0.1, -0.05) is 50.2 Å². The predicted molar refractivity (Wildman–Crippen MR) is 126 cm³/mol. The number of allylic oxidation sites excluding steroid dienone is 4. The Labute approximate surface area is 189 Å². The molecule has 0 radical (unpaired) electrons. The molecule has 1 aliphatic carbocycles. The molecule has 0 aromatic heterocycles. The molecular formula is C25H24Br2FN. The molecule has 0 bridgehead atoms. The molecule has 1 N–H and O–H groups in total. The molecule has 0 saturated heterocycles. The number of rotatable bonds is 3. The van der Waals surface area contributed by atoms with E-state index in [2.05, 4.69) is 81.4 Å². The standard InChI is InChI=1S/C25H24Br2FN/c1-15(2)24-21(14-22(26)27)23(17-10-12-18(28)13-11-17)20-9-5-7-16-6-3-4-8-19(16)25(20)29-24/h3-4,6,8,10-15,25,29H,5,7,9H2,1-2H3. The first-order valence-electron chi connectivity index (χ1n) is 10.1. The summed E-state index contributed by atoms with van der Waals surface area (Å²) in [5.74, 6) is 0.121. The van der Waals surface area contributed by atoms with E-state index in [0.717, 1.165) is 28.2 Å². The molecule has 1 unspecified atom stereocenters. The molecule has 0 spiro atoms. The fourth-order valence-electron chi connectivity index (χ4n) is 4.51. The number of halogens is 3. The van der Waals surface area contributed by atoms with Gasteiger partial charge in [-0.05, 0) is 103 Å². The van der Waals surface area contributed by atoms with Gasteiger partial charge >= 0.3 is 0 Å². The molecule has 2 aromatic rings. The van der Waals surface area contributed by atoms with Gasteiger partial charge in [-0.3, -0.25) is 0 Å². The molecule has 1 nitrogen and oxygen atoms in total. The fraction of sp³-hybridized carbons (Fsp3) is 0.280. The van der Waals surface area contributed by atoms with Crippen LogP contribution in [0.3, 0.4) is 0 Å². The minimum atomic E-state index is -0.206. The summed E-state index contributed by atoms with van der Waals surface area (Å²) in [4.78, 5) is 0. The molecule has 1 aliphatic heterocycles. The molecular weight excluding hydrogens is 493 g/mol. The maximum Gasteiger partial charge on any atom is 0.123 e. The molecule has 1 atom stereocenters. The van der Waals surface area contributed by atoms with Gasteiger partial charge in [0.05, 0.1) is 9.43 Å². The summed E-state index contributed by atoms with van der Waals surface area (Å²) in [7, 11) is 0. The lowest BCUT2D eigenvalue weighted by Crippen LogP contribution is -2.31. The smallest absolute Gasteiger partial charge is 0.123 e. The summed E-state index contributed by atoms with van der Waals surface area (Å²) in [5.41, 5.74) is 8.84. The van der Waals surface area contributed by atoms with E-state index in [1.165, 1.54) is 33.5 Å². The first-order valence-corrected chi connectivity index (χ1v) is 11.6. The van der Waals surface area contributed by atoms with Crippen molar-refractivity contribution in [2.24, 2.45) is 5.92 Å². The van der Waals surface area contributed by atoms with Gasteiger partial charge in [0.15, 0.2) is 0 Å². The van der Waals surface area contributed by atoms with Crippen molar-refractivity contribution in [3.8, 4) is 0 Å². The van der Waals surface area contributed by atoms with E-state index < -0.39 is 0 Å². The molecule has 0 saturated carbocycles. The Bertz CT molecular complexity index is 1010. The van der Waals surface area contributed by atoms with Crippen molar-refractivity contribution in [2.45, 2.75) is 39.2 Å². The molecule has 150 valence electrons. The van der Waals surface area contributed by atoms with Crippen LogP contribution in [0.4, 0.5) is 4.39 Å². The Morgan fingerprint density at radius 2 is 1.79 bits per heavy atom. The number of benzene rings is 2. The summed E-state index contributed by atoms with van der Waals surface area (Å²) >= 11 is 7.12. The Morgan fingerprint density at radius 3 is 2.48 bits per heavy atom. The lowest BCUT2D eigenvalue weighted by Gasteiger charge is -2.35. The second-order valence-electron chi connectivity index (χ2n) is 7.95. The van der Waals surface area contributed by atoms with Crippen LogP contribution in [0, 0.1) is 11.7 Å². The average Bonchev–Trinajstić information content (AvgIpc) is 2.87. The first-order chi connectivity index (χ1) is 14.0. The molecule has 2 aliphatic rings. The fourth-order valence-corrected chi connectivity index (χ4v) is 4.97. The predicted octanol–water partition coefficient (Wildman–Crippen LogP) is 7.80. The minimum Gasteiger partial charge on any atom is -0.377 e. The van der Waals surface area contributed by atoms with E-state index >= 15 is 0 Å². The Morgan fingerprint density at radius 1 is 1.07 bits per heavy atom. The van der Waals surface area contributed by atoms with E-state index in [0.29, 0.717) is 5.92 Å². The SMILES string of the molecule is CC(C)C1=C(C=C(Br)Br)C(c2ccc(F)cc2)=C2CCCc3ccccc3C2N1. The van der Waals surface area contributed by atoms with Crippen LogP contribution in [0.15, 0.2) is 74.8 Å². The van der Waals surface area contributed by atoms with E-state index in [9.17, 15) is 4.39 Å². The van der Waals surface area contributed by atoms with Crippen LogP contribution in [0.25, 0.3) is 5.57 Å². The summed E-state index contributed by atoms with van der Waals surface area (Å²) in [6.07, 6.45) is 5.33. The van der Waals surface area contributed by atoms with Crippen LogP contribution in [0.1, 0.15) is 49.4 Å². The number of hydrogen-bond acceptors (Lipinski definition) is 1. The van der Waals surface area contributed by atoms with Gasteiger partial charge < -0.3 is 5.32 Å². The maximum atomic E-state index is 13.7. The van der Waals surface area contributed by atoms with Crippen molar-refractivity contribution in [2.75, 3.05) is 0 Å². The lowest BCUT2D eigenvalue weighted by atomic mass is 9.80. The van der Waals surface area contributed by atoms with E-state index in [1.54, 1.807) is 12.1 Å². The number of dihydropyridines is 1. The first kappa shape index (κ1) is 20.6. The van der Waals surface area contributed by atoms with E-state index in [4.69, 9.17) is 0 Å². The summed E-state index contributed by atoms with van der Waals surface area (Å²) in [6, 6.07) is 15.8. The molecule has 2 aromatic carbocycles. The van der Waals surface area contributed by atoms with Crippen LogP contribution in [-0.4, -0.2) is 0 Å². The van der Waals surface area contributed by atoms with Crippen LogP contribution in [0.5, 0.6) is 0 Å². The third-order valence-electron chi connectivity index (χ3n) is 5.75. The molecule has 1 heterocycles. The highest BCUT2D eigenvalue weighted by atomic mass is 79.9. The van der Waals surface area contributed by atoms with Gasteiger partial charge in [0.25, 0.3) is 0 Å². The minimum absolute atomic E-state index is 0.150. The highest BCUT2D eigenvalue weighted by Crippen LogP contribution is 2.46. The normalized spacial score (nSPS) is 18.8. The topological polar surface area (TPSA) is 12.0 Å². The van der Waals surface area contributed by atoms with Gasteiger partial charge in [-0.25, -0.2) is 4.39 Å². The van der Waals surface area contributed by atoms with Crippen LogP contribution in [0.2, 0.25) is 0 Å². The molecule has 4 rings (SSSR count). The Balaban J connectivity index is 2.01. The van der Waals surface area contributed by atoms with Crippen molar-refractivity contribution in [1.82, 2.24) is 5.32 Å². The Hall–Kier alpha value is -1.65. The highest BCUT2D eigenvalue weighted by molar-refractivity contribution is 9.28. The monoisotopic (exact) mass is 515 g/mol. The Kier molecular flexibility index (Phi) is 6.12. The van der Waals surface area contributed by atoms with Crippen molar-refractivity contribution >= 4 is 37.4 Å². The third kappa shape index (κ3) is 4.15. The molecule has 0 fully saturated rings. The lowest BCUT2D eigenvalue weighted by molar-refractivity contribution is 0.572. The summed E-state index contributed by atoms with van der Waals surface area (Å²) in [5, 5.41) is 3.88. The van der Waals surface area contributed by atoms with Crippen LogP contribution >= 0.6 is 31.9 Å². The quantitative estimate of drug-likeness (QED) is 0.438. The van der Waals surface area contributed by atoms with Gasteiger partial charge in [0.1, 0.15) is 5.82 Å². The zero-order valence-electron chi connectivity index (χ0n) is 16.6. The largest absolute Gasteiger partial charge is 0.377 e. The van der Waals surface area contributed by atoms with Gasteiger partial charge in [0.2, 0.25) is 0 Å². The number of aryl methyl sites for hydroxylation is 1. The van der Waals surface area contributed by atoms with E-state index in [-0.39, 0.29) is 11.9 Å². The van der Waals surface area contributed by atoms with Gasteiger partial charge in [-0.2, -0.15) is 0 Å². The van der Waals surface area contributed by atoms with Crippen molar-refractivity contribution in [3.63, 3.8) is 0 Å². The zero-order chi connectivity index (χ0) is 20.5. The highest BCUT2D eigenvalue weighted by Gasteiger charge is 2.33. The van der Waals surface area contributed by atoms with Crippen LogP contribution < -0.4 is 5.32 Å². The zero-order valence-corrected chi connectivity index (χ0v) is 19.8. The number of hydrogen-bond donors (Lipinski definition) is 1. The molecule has 4 heteroatoms. The number of nitrogens with one attached hydrogen (secondary N) is 1. The second kappa shape index (κ2) is 8.61. The third-order valence-corrected chi connectivity index (χ3v) is 6.21. The molecule has 29 heavy (non-hydrogen) atoms. The molecule has 0 amide bonds. The number of fused-ring (bicyclic) bond motifs is 3. The second-order valence-corrected chi connectivity index (χ2v) is 10.7.